The molecule has 7 nitrogen and oxygen atoms in total. The number of rotatable bonds is 5. The first-order valence-electron chi connectivity index (χ1n) is 9.24. The van der Waals surface area contributed by atoms with Crippen LogP contribution in [0.1, 0.15) is 17.3 Å². The van der Waals surface area contributed by atoms with E-state index in [1.807, 2.05) is 25.1 Å². The van der Waals surface area contributed by atoms with Gasteiger partial charge >= 0.3 is 0 Å². The highest BCUT2D eigenvalue weighted by Gasteiger charge is 2.24. The van der Waals surface area contributed by atoms with Crippen LogP contribution in [0, 0.1) is 0 Å². The topological polar surface area (TPSA) is 78.2 Å². The van der Waals surface area contributed by atoms with Crippen molar-refractivity contribution in [2.45, 2.75) is 13.5 Å². The lowest BCUT2D eigenvalue weighted by Crippen LogP contribution is -2.17. The largest absolute Gasteiger partial charge is 0.497 e. The van der Waals surface area contributed by atoms with Crippen LogP contribution in [0.3, 0.4) is 0 Å². The molecule has 2 aromatic rings. The van der Waals surface area contributed by atoms with Gasteiger partial charge in [0.25, 0.3) is 11.5 Å². The molecule has 0 atom stereocenters. The number of para-hydroxylation sites is 1. The second-order valence-electron chi connectivity index (χ2n) is 6.50. The van der Waals surface area contributed by atoms with Gasteiger partial charge < -0.3 is 14.6 Å². The number of fused-ring (bicyclic) bond motifs is 1. The third-order valence-corrected chi connectivity index (χ3v) is 4.66. The summed E-state index contributed by atoms with van der Waals surface area (Å²) in [7, 11) is 1.57. The second kappa shape index (κ2) is 7.63. The summed E-state index contributed by atoms with van der Waals surface area (Å²) in [6, 6.07) is 16.2. The van der Waals surface area contributed by atoms with Crippen LogP contribution in [0.25, 0.3) is 16.9 Å². The Morgan fingerprint density at radius 1 is 1.10 bits per heavy atom. The number of hydrogen-bond donors (Lipinski definition) is 1. The van der Waals surface area contributed by atoms with Crippen molar-refractivity contribution in [3.63, 3.8) is 0 Å². The van der Waals surface area contributed by atoms with E-state index < -0.39 is 0 Å². The third-order valence-electron chi connectivity index (χ3n) is 4.66. The molecule has 2 aliphatic heterocycles. The second-order valence-corrected chi connectivity index (χ2v) is 6.50. The van der Waals surface area contributed by atoms with E-state index in [0.717, 1.165) is 0 Å². The summed E-state index contributed by atoms with van der Waals surface area (Å²) >= 11 is 0. The van der Waals surface area contributed by atoms with Gasteiger partial charge in [-0.2, -0.15) is 9.78 Å². The first-order chi connectivity index (χ1) is 14.1. The minimum Gasteiger partial charge on any atom is -0.497 e. The molecule has 2 heterocycles. The van der Waals surface area contributed by atoms with Gasteiger partial charge in [-0.1, -0.05) is 24.3 Å². The Hall–Kier alpha value is -3.87. The molecule has 0 saturated carbocycles. The molecule has 0 aromatic heterocycles. The highest BCUT2D eigenvalue weighted by atomic mass is 16.5. The SMILES string of the molecule is CCn1cc(C(=O)Nc2cccc(OC)c2)c2nn(-c3ccccc3)c(=O)c-2c1. The van der Waals surface area contributed by atoms with Gasteiger partial charge in [-0.15, -0.1) is 0 Å². The summed E-state index contributed by atoms with van der Waals surface area (Å²) < 4.78 is 8.34. The van der Waals surface area contributed by atoms with Crippen molar-refractivity contribution in [3.05, 3.63) is 82.9 Å². The van der Waals surface area contributed by atoms with E-state index >= 15 is 0 Å². The van der Waals surface area contributed by atoms with Crippen LogP contribution >= 0.6 is 0 Å². The lowest BCUT2D eigenvalue weighted by Gasteiger charge is -2.12. The normalized spacial score (nSPS) is 10.8. The van der Waals surface area contributed by atoms with Gasteiger partial charge in [-0.25, -0.2) is 0 Å². The number of amides is 1. The minimum absolute atomic E-state index is 0.260. The summed E-state index contributed by atoms with van der Waals surface area (Å²) in [5, 5.41) is 7.32. The van der Waals surface area contributed by atoms with Crippen LogP contribution in [0.5, 0.6) is 5.75 Å². The van der Waals surface area contributed by atoms with Gasteiger partial charge in [0.2, 0.25) is 0 Å². The number of carbonyl (C=O) groups is 1. The Labute approximate surface area is 167 Å². The van der Waals surface area contributed by atoms with E-state index in [0.29, 0.717) is 40.5 Å². The minimum atomic E-state index is -0.344. The van der Waals surface area contributed by atoms with E-state index in [9.17, 15) is 9.59 Å². The van der Waals surface area contributed by atoms with Gasteiger partial charge in [0, 0.05) is 30.7 Å². The molecule has 146 valence electrons. The number of anilines is 1. The molecule has 0 fully saturated rings. The number of pyridine rings is 1. The fraction of sp³-hybridized carbons (Fsp3) is 0.136. The summed E-state index contributed by atoms with van der Waals surface area (Å²) in [5.41, 5.74) is 2.08. The zero-order chi connectivity index (χ0) is 20.4. The van der Waals surface area contributed by atoms with Crippen LogP contribution in [0.2, 0.25) is 0 Å². The molecule has 0 spiro atoms. The predicted molar refractivity (Wildman–Crippen MR) is 111 cm³/mol. The van der Waals surface area contributed by atoms with Crippen LogP contribution in [-0.2, 0) is 6.54 Å². The van der Waals surface area contributed by atoms with Gasteiger partial charge in [0.05, 0.1) is 23.9 Å². The van der Waals surface area contributed by atoms with Crippen molar-refractivity contribution in [3.8, 4) is 22.7 Å². The Bertz CT molecular complexity index is 1190. The number of benzene rings is 2. The van der Waals surface area contributed by atoms with Gasteiger partial charge in [-0.05, 0) is 31.2 Å². The number of ether oxygens (including phenoxy) is 1. The van der Waals surface area contributed by atoms with Gasteiger partial charge in [0.15, 0.2) is 0 Å². The number of nitrogens with one attached hydrogen (secondary N) is 1. The Morgan fingerprint density at radius 2 is 1.90 bits per heavy atom. The first-order valence-corrected chi connectivity index (χ1v) is 9.24. The zero-order valence-electron chi connectivity index (χ0n) is 16.1. The standard InChI is InChI=1S/C22H20N4O3/c1-3-25-13-18(21(27)23-15-8-7-11-17(12-15)29-2)20-19(14-25)22(28)26(24-20)16-9-5-4-6-10-16/h4-14H,3H2,1-2H3,(H,23,27). The predicted octanol–water partition coefficient (Wildman–Crippen LogP) is 3.42. The van der Waals surface area contributed by atoms with E-state index in [-0.39, 0.29) is 11.5 Å². The average molecular weight is 388 g/mol. The lowest BCUT2D eigenvalue weighted by atomic mass is 10.1. The van der Waals surface area contributed by atoms with Crippen molar-refractivity contribution >= 4 is 11.6 Å². The smallest absolute Gasteiger partial charge is 0.282 e. The highest BCUT2D eigenvalue weighted by molar-refractivity contribution is 6.08. The van der Waals surface area contributed by atoms with Crippen molar-refractivity contribution in [2.75, 3.05) is 12.4 Å². The molecule has 2 aromatic carbocycles. The molecule has 29 heavy (non-hydrogen) atoms. The van der Waals surface area contributed by atoms with E-state index in [2.05, 4.69) is 10.4 Å². The van der Waals surface area contributed by atoms with E-state index in [1.54, 1.807) is 60.5 Å². The fourth-order valence-corrected chi connectivity index (χ4v) is 3.15. The number of carbonyl (C=O) groups excluding carboxylic acids is 1. The maximum absolute atomic E-state index is 13.0. The van der Waals surface area contributed by atoms with Gasteiger partial charge in [-0.3, -0.25) is 9.59 Å². The molecule has 0 unspecified atom stereocenters. The quantitative estimate of drug-likeness (QED) is 0.568. The number of hydrogen-bond acceptors (Lipinski definition) is 4. The molecule has 7 heteroatoms. The number of methoxy groups -OCH3 is 1. The van der Waals surface area contributed by atoms with Crippen molar-refractivity contribution in [2.24, 2.45) is 0 Å². The zero-order valence-corrected chi connectivity index (χ0v) is 16.1. The van der Waals surface area contributed by atoms with Crippen LogP contribution < -0.4 is 15.6 Å². The Balaban J connectivity index is 1.80. The van der Waals surface area contributed by atoms with Crippen molar-refractivity contribution in [1.29, 1.82) is 0 Å². The van der Waals surface area contributed by atoms with E-state index in [1.165, 1.54) is 4.68 Å². The number of aryl methyl sites for hydroxylation is 1. The Kier molecular flexibility index (Phi) is 4.87. The molecule has 4 rings (SSSR count). The number of nitrogens with zero attached hydrogens (tertiary/aromatic N) is 3. The number of aromatic nitrogens is 3. The third kappa shape index (κ3) is 3.50. The van der Waals surface area contributed by atoms with Crippen LogP contribution in [0.15, 0.2) is 71.8 Å². The van der Waals surface area contributed by atoms with Crippen molar-refractivity contribution < 1.29 is 9.53 Å². The van der Waals surface area contributed by atoms with Crippen LogP contribution in [-0.4, -0.2) is 27.4 Å². The monoisotopic (exact) mass is 388 g/mol. The molecular formula is C22H20N4O3. The summed E-state index contributed by atoms with van der Waals surface area (Å²) in [6.07, 6.45) is 3.44. The molecule has 0 bridgehead atoms. The molecule has 1 amide bonds. The molecule has 0 saturated heterocycles. The van der Waals surface area contributed by atoms with E-state index in [4.69, 9.17) is 4.74 Å². The average Bonchev–Trinajstić information content (AvgIpc) is 3.10. The fourth-order valence-electron chi connectivity index (χ4n) is 3.15. The molecule has 2 aliphatic rings. The molecular weight excluding hydrogens is 368 g/mol. The summed E-state index contributed by atoms with van der Waals surface area (Å²) in [5.74, 6) is 0.295. The molecule has 0 radical (unpaired) electrons. The lowest BCUT2D eigenvalue weighted by molar-refractivity contribution is 0.102. The summed E-state index contributed by atoms with van der Waals surface area (Å²) in [6.45, 7) is 2.56. The van der Waals surface area contributed by atoms with Crippen LogP contribution in [0.4, 0.5) is 5.69 Å². The maximum Gasteiger partial charge on any atom is 0.282 e. The Morgan fingerprint density at radius 3 is 2.62 bits per heavy atom. The summed E-state index contributed by atoms with van der Waals surface area (Å²) in [4.78, 5) is 26.0. The first kappa shape index (κ1) is 18.5. The highest BCUT2D eigenvalue weighted by Crippen LogP contribution is 2.24. The molecule has 0 aliphatic carbocycles. The van der Waals surface area contributed by atoms with Crippen molar-refractivity contribution in [1.82, 2.24) is 14.3 Å². The van der Waals surface area contributed by atoms with Gasteiger partial charge in [0.1, 0.15) is 11.4 Å². The molecule has 1 N–H and O–H groups in total. The maximum atomic E-state index is 13.0.